The van der Waals surface area contributed by atoms with E-state index in [9.17, 15) is 9.59 Å². The molecule has 0 aliphatic rings. The van der Waals surface area contributed by atoms with Crippen molar-refractivity contribution in [3.63, 3.8) is 0 Å². The van der Waals surface area contributed by atoms with E-state index in [-0.39, 0.29) is 18.0 Å². The predicted octanol–water partition coefficient (Wildman–Crippen LogP) is 4.01. The Bertz CT molecular complexity index is 1200. The van der Waals surface area contributed by atoms with Gasteiger partial charge in [0.1, 0.15) is 6.54 Å². The molecule has 1 amide bonds. The van der Waals surface area contributed by atoms with E-state index in [1.807, 2.05) is 73.7 Å². The van der Waals surface area contributed by atoms with Crippen LogP contribution in [0.2, 0.25) is 0 Å². The summed E-state index contributed by atoms with van der Waals surface area (Å²) in [7, 11) is 0. The van der Waals surface area contributed by atoms with Gasteiger partial charge >= 0.3 is 0 Å². The zero-order chi connectivity index (χ0) is 19.5. The number of rotatable bonds is 4. The second-order valence-electron chi connectivity index (χ2n) is 6.64. The standard InChI is InChI=1S/C23H19N3O2/c1-16-6-5-9-20-22(16)24-15-26(23(20)28)14-21(27)25-19-12-10-18(11-13-19)17-7-3-2-4-8-17/h2-13,15H,14H2,1H3,(H,25,27). The summed E-state index contributed by atoms with van der Waals surface area (Å²) < 4.78 is 1.33. The number of carbonyl (C=O) groups excluding carboxylic acids is 1. The van der Waals surface area contributed by atoms with Gasteiger partial charge in [0.05, 0.1) is 17.2 Å². The predicted molar refractivity (Wildman–Crippen MR) is 111 cm³/mol. The van der Waals surface area contributed by atoms with Crippen LogP contribution in [0.3, 0.4) is 0 Å². The van der Waals surface area contributed by atoms with Crippen molar-refractivity contribution in [1.82, 2.24) is 9.55 Å². The zero-order valence-electron chi connectivity index (χ0n) is 15.4. The fraction of sp³-hybridized carbons (Fsp3) is 0.0870. The van der Waals surface area contributed by atoms with Crippen LogP contribution in [0.15, 0.2) is 83.9 Å². The van der Waals surface area contributed by atoms with Crippen LogP contribution in [-0.4, -0.2) is 15.5 Å². The van der Waals surface area contributed by atoms with Crippen molar-refractivity contribution in [1.29, 1.82) is 0 Å². The highest BCUT2D eigenvalue weighted by atomic mass is 16.2. The summed E-state index contributed by atoms with van der Waals surface area (Å²) in [4.78, 5) is 29.3. The van der Waals surface area contributed by atoms with Gasteiger partial charge in [-0.25, -0.2) is 4.98 Å². The molecule has 0 bridgehead atoms. The van der Waals surface area contributed by atoms with Crippen molar-refractivity contribution in [2.24, 2.45) is 0 Å². The number of anilines is 1. The number of hydrogen-bond acceptors (Lipinski definition) is 3. The molecule has 0 spiro atoms. The molecule has 0 aliphatic carbocycles. The number of nitrogens with zero attached hydrogens (tertiary/aromatic N) is 2. The molecule has 1 N–H and O–H groups in total. The van der Waals surface area contributed by atoms with Gasteiger partial charge in [0, 0.05) is 5.69 Å². The maximum atomic E-state index is 12.6. The first-order valence-corrected chi connectivity index (χ1v) is 9.02. The van der Waals surface area contributed by atoms with E-state index in [2.05, 4.69) is 10.3 Å². The van der Waals surface area contributed by atoms with E-state index < -0.39 is 0 Å². The lowest BCUT2D eigenvalue weighted by molar-refractivity contribution is -0.116. The Morgan fingerprint density at radius 1 is 0.929 bits per heavy atom. The molecule has 0 atom stereocenters. The quantitative estimate of drug-likeness (QED) is 0.591. The van der Waals surface area contributed by atoms with Crippen molar-refractivity contribution in [3.05, 3.63) is 95.0 Å². The minimum atomic E-state index is -0.275. The summed E-state index contributed by atoms with van der Waals surface area (Å²) >= 11 is 0. The van der Waals surface area contributed by atoms with Gasteiger partial charge in [0.25, 0.3) is 5.56 Å². The molecule has 0 fully saturated rings. The van der Waals surface area contributed by atoms with Gasteiger partial charge in [0.15, 0.2) is 0 Å². The molecule has 0 aliphatic heterocycles. The highest BCUT2D eigenvalue weighted by Crippen LogP contribution is 2.21. The highest BCUT2D eigenvalue weighted by molar-refractivity contribution is 5.91. The van der Waals surface area contributed by atoms with Gasteiger partial charge in [-0.2, -0.15) is 0 Å². The van der Waals surface area contributed by atoms with Gasteiger partial charge < -0.3 is 5.32 Å². The van der Waals surface area contributed by atoms with Gasteiger partial charge in [-0.1, -0.05) is 54.6 Å². The van der Waals surface area contributed by atoms with E-state index >= 15 is 0 Å². The smallest absolute Gasteiger partial charge is 0.261 e. The molecule has 1 heterocycles. The lowest BCUT2D eigenvalue weighted by Crippen LogP contribution is -2.28. The van der Waals surface area contributed by atoms with E-state index in [4.69, 9.17) is 0 Å². The Hall–Kier alpha value is -3.73. The molecular weight excluding hydrogens is 350 g/mol. The number of fused-ring (bicyclic) bond motifs is 1. The number of hydrogen-bond donors (Lipinski definition) is 1. The Balaban J connectivity index is 1.50. The maximum absolute atomic E-state index is 12.6. The normalized spacial score (nSPS) is 10.8. The number of aryl methyl sites for hydroxylation is 1. The number of benzene rings is 3. The first-order valence-electron chi connectivity index (χ1n) is 9.02. The summed E-state index contributed by atoms with van der Waals surface area (Å²) in [6.45, 7) is 1.82. The van der Waals surface area contributed by atoms with Gasteiger partial charge in [-0.05, 0) is 41.8 Å². The second kappa shape index (κ2) is 7.48. The Morgan fingerprint density at radius 3 is 2.39 bits per heavy atom. The average Bonchev–Trinajstić information content (AvgIpc) is 2.72. The lowest BCUT2D eigenvalue weighted by Gasteiger charge is -2.09. The van der Waals surface area contributed by atoms with Crippen molar-refractivity contribution in [2.75, 3.05) is 5.32 Å². The molecular formula is C23H19N3O2. The van der Waals surface area contributed by atoms with Gasteiger partial charge in [-0.3, -0.25) is 14.2 Å². The van der Waals surface area contributed by atoms with Crippen LogP contribution in [0.4, 0.5) is 5.69 Å². The molecule has 5 nitrogen and oxygen atoms in total. The molecule has 138 valence electrons. The molecule has 4 aromatic rings. The van der Waals surface area contributed by atoms with E-state index in [1.165, 1.54) is 10.9 Å². The van der Waals surface area contributed by atoms with Crippen molar-refractivity contribution >= 4 is 22.5 Å². The third-order valence-electron chi connectivity index (χ3n) is 4.64. The molecule has 0 radical (unpaired) electrons. The van der Waals surface area contributed by atoms with Crippen LogP contribution >= 0.6 is 0 Å². The fourth-order valence-electron chi connectivity index (χ4n) is 3.18. The average molecular weight is 369 g/mol. The highest BCUT2D eigenvalue weighted by Gasteiger charge is 2.09. The minimum absolute atomic E-state index is 0.0872. The van der Waals surface area contributed by atoms with E-state index in [0.29, 0.717) is 16.6 Å². The third kappa shape index (κ3) is 3.55. The lowest BCUT2D eigenvalue weighted by atomic mass is 10.1. The van der Waals surface area contributed by atoms with Crippen LogP contribution in [0.1, 0.15) is 5.56 Å². The maximum Gasteiger partial charge on any atom is 0.261 e. The fourth-order valence-corrected chi connectivity index (χ4v) is 3.18. The molecule has 28 heavy (non-hydrogen) atoms. The molecule has 5 heteroatoms. The number of amides is 1. The Morgan fingerprint density at radius 2 is 1.64 bits per heavy atom. The Labute approximate surface area is 162 Å². The van der Waals surface area contributed by atoms with E-state index in [0.717, 1.165) is 16.7 Å². The van der Waals surface area contributed by atoms with Crippen LogP contribution in [0, 0.1) is 6.92 Å². The largest absolute Gasteiger partial charge is 0.325 e. The van der Waals surface area contributed by atoms with Crippen molar-refractivity contribution in [2.45, 2.75) is 13.5 Å². The van der Waals surface area contributed by atoms with Crippen LogP contribution in [0.5, 0.6) is 0 Å². The van der Waals surface area contributed by atoms with Crippen LogP contribution in [-0.2, 0) is 11.3 Å². The SMILES string of the molecule is Cc1cccc2c(=O)n(CC(=O)Nc3ccc(-c4ccccc4)cc3)cnc12. The van der Waals surface area contributed by atoms with Crippen molar-refractivity contribution < 1.29 is 4.79 Å². The molecule has 1 aromatic heterocycles. The van der Waals surface area contributed by atoms with Crippen LogP contribution in [0.25, 0.3) is 22.0 Å². The minimum Gasteiger partial charge on any atom is -0.325 e. The van der Waals surface area contributed by atoms with Gasteiger partial charge in [0.2, 0.25) is 5.91 Å². The number of nitrogens with one attached hydrogen (secondary N) is 1. The molecule has 0 unspecified atom stereocenters. The summed E-state index contributed by atoms with van der Waals surface area (Å²) in [5.74, 6) is -0.275. The molecule has 0 saturated heterocycles. The number of para-hydroxylation sites is 1. The number of carbonyl (C=O) groups is 1. The van der Waals surface area contributed by atoms with E-state index in [1.54, 1.807) is 6.07 Å². The summed E-state index contributed by atoms with van der Waals surface area (Å²) in [5.41, 5.74) is 4.25. The topological polar surface area (TPSA) is 64.0 Å². The molecule has 3 aromatic carbocycles. The number of aromatic nitrogens is 2. The second-order valence-corrected chi connectivity index (χ2v) is 6.64. The summed E-state index contributed by atoms with van der Waals surface area (Å²) in [5, 5.41) is 3.35. The first-order chi connectivity index (χ1) is 13.6. The van der Waals surface area contributed by atoms with Gasteiger partial charge in [-0.15, -0.1) is 0 Å². The van der Waals surface area contributed by atoms with Crippen LogP contribution < -0.4 is 10.9 Å². The summed E-state index contributed by atoms with van der Waals surface area (Å²) in [6.07, 6.45) is 1.43. The Kier molecular flexibility index (Phi) is 4.72. The first kappa shape index (κ1) is 17.7. The zero-order valence-corrected chi connectivity index (χ0v) is 15.4. The monoisotopic (exact) mass is 369 g/mol. The molecule has 4 rings (SSSR count). The molecule has 0 saturated carbocycles. The third-order valence-corrected chi connectivity index (χ3v) is 4.64. The van der Waals surface area contributed by atoms with Crippen molar-refractivity contribution in [3.8, 4) is 11.1 Å². The summed E-state index contributed by atoms with van der Waals surface area (Å²) in [6, 6.07) is 23.1.